The zero-order chi connectivity index (χ0) is 35.1. The molecule has 0 aromatic heterocycles. The van der Waals surface area contributed by atoms with Gasteiger partial charge in [0.2, 0.25) is 0 Å². The minimum Gasteiger partial charge on any atom is -0.393 e. The Morgan fingerprint density at radius 1 is 1.00 bits per heavy atom. The first-order valence-corrected chi connectivity index (χ1v) is 20.0. The van der Waals surface area contributed by atoms with Crippen LogP contribution in [0, 0.1) is 34.5 Å². The molecule has 1 aromatic carbocycles. The molecule has 3 N–H and O–H groups in total. The van der Waals surface area contributed by atoms with Gasteiger partial charge in [-0.3, -0.25) is 4.79 Å². The standard InChI is InChI=1S/C43H66N2O4/c1-28(2)44-40(48)45(26-32-16-17-33-25-38(32)41(33,4)5)27-43(49)22-20-37-35-19-15-30(24-36(35)39(47)31-12-8-7-9-13-31)23-34(46)18-14-29(3)11-10-21-42(37,43)6/h11,15,19,24,28,31-34,37-38,46,49H,7-10,12-14,16-18,20-23,25-27H2,1-6H3,(H,44,48). The number of ketones is 1. The number of hydrogen-bond donors (Lipinski definition) is 3. The van der Waals surface area contributed by atoms with Crippen LogP contribution in [-0.2, 0) is 6.42 Å². The van der Waals surface area contributed by atoms with Crippen LogP contribution in [0.4, 0.5) is 4.79 Å². The second kappa shape index (κ2) is 14.4. The van der Waals surface area contributed by atoms with Crippen molar-refractivity contribution in [3.05, 3.63) is 46.5 Å². The van der Waals surface area contributed by atoms with Crippen LogP contribution in [-0.4, -0.2) is 57.8 Å². The minimum absolute atomic E-state index is 0.00771. The number of rotatable bonds is 7. The first-order chi connectivity index (χ1) is 23.2. The molecule has 7 aliphatic carbocycles. The molecule has 0 saturated heterocycles. The number of nitrogens with one attached hydrogen (secondary N) is 1. The molecule has 6 heteroatoms. The van der Waals surface area contributed by atoms with E-state index in [0.717, 1.165) is 80.4 Å². The fourth-order valence-corrected chi connectivity index (χ4v) is 11.1. The van der Waals surface area contributed by atoms with E-state index >= 15 is 0 Å². The summed E-state index contributed by atoms with van der Waals surface area (Å²) in [6.07, 6.45) is 15.8. The number of fused-ring (bicyclic) bond motifs is 10. The Kier molecular flexibility index (Phi) is 10.8. The van der Waals surface area contributed by atoms with Crippen LogP contribution in [0.5, 0.6) is 0 Å². The van der Waals surface area contributed by atoms with Crippen LogP contribution >= 0.6 is 0 Å². The number of amides is 2. The number of nitrogens with zero attached hydrogens (tertiary/aromatic N) is 1. The third-order valence-corrected chi connectivity index (χ3v) is 14.5. The molecule has 0 heterocycles. The van der Waals surface area contributed by atoms with Gasteiger partial charge in [0.1, 0.15) is 0 Å². The van der Waals surface area contributed by atoms with Crippen LogP contribution < -0.4 is 5.32 Å². The summed E-state index contributed by atoms with van der Waals surface area (Å²) < 4.78 is 0. The Hall–Kier alpha value is -2.18. The molecule has 272 valence electrons. The topological polar surface area (TPSA) is 89.9 Å². The van der Waals surface area contributed by atoms with Crippen molar-refractivity contribution in [3.8, 4) is 0 Å². The van der Waals surface area contributed by atoms with Gasteiger partial charge in [0.05, 0.1) is 18.2 Å². The molecule has 2 amide bonds. The predicted molar refractivity (Wildman–Crippen MR) is 198 cm³/mol. The number of benzene rings is 1. The van der Waals surface area contributed by atoms with Crippen LogP contribution in [0.15, 0.2) is 29.8 Å². The van der Waals surface area contributed by atoms with E-state index < -0.39 is 17.1 Å². The lowest BCUT2D eigenvalue weighted by Gasteiger charge is -2.60. The fourth-order valence-electron chi connectivity index (χ4n) is 11.1. The summed E-state index contributed by atoms with van der Waals surface area (Å²) in [4.78, 5) is 30.4. The van der Waals surface area contributed by atoms with Gasteiger partial charge in [0.25, 0.3) is 0 Å². The second-order valence-corrected chi connectivity index (χ2v) is 18.3. The normalized spacial score (nSPS) is 34.8. The molecule has 4 bridgehead atoms. The van der Waals surface area contributed by atoms with E-state index in [1.165, 1.54) is 24.8 Å². The highest BCUT2D eigenvalue weighted by Gasteiger charge is 2.59. The van der Waals surface area contributed by atoms with Gasteiger partial charge in [-0.15, -0.1) is 0 Å². The number of Topliss-reactive ketones (excluding diaryl/α,β-unsaturated/α-hetero) is 1. The van der Waals surface area contributed by atoms with Crippen LogP contribution in [0.3, 0.4) is 0 Å². The molecule has 0 radical (unpaired) electrons. The molecule has 7 atom stereocenters. The lowest BCUT2D eigenvalue weighted by Crippen LogP contribution is -2.59. The number of aliphatic hydroxyl groups excluding tert-OH is 1. The van der Waals surface area contributed by atoms with E-state index in [-0.39, 0.29) is 29.7 Å². The van der Waals surface area contributed by atoms with Crippen molar-refractivity contribution in [2.24, 2.45) is 34.5 Å². The van der Waals surface area contributed by atoms with Crippen molar-refractivity contribution in [2.45, 2.75) is 162 Å². The molecule has 8 rings (SSSR count). The van der Waals surface area contributed by atoms with Crippen molar-refractivity contribution in [2.75, 3.05) is 13.1 Å². The average Bonchev–Trinajstić information content (AvgIpc) is 3.31. The number of hydrogen-bond acceptors (Lipinski definition) is 4. The summed E-state index contributed by atoms with van der Waals surface area (Å²) in [6.45, 7) is 14.3. The summed E-state index contributed by atoms with van der Waals surface area (Å²) in [5, 5.41) is 27.2. The Balaban J connectivity index is 1.37. The predicted octanol–water partition coefficient (Wildman–Crippen LogP) is 8.98. The fraction of sp³-hybridized carbons (Fsp3) is 0.767. The van der Waals surface area contributed by atoms with Crippen LogP contribution in [0.2, 0.25) is 0 Å². The third-order valence-electron chi connectivity index (χ3n) is 14.5. The van der Waals surface area contributed by atoms with Gasteiger partial charge in [0, 0.05) is 29.5 Å². The van der Waals surface area contributed by atoms with Gasteiger partial charge >= 0.3 is 6.03 Å². The molecule has 6 nitrogen and oxygen atoms in total. The summed E-state index contributed by atoms with van der Waals surface area (Å²) in [5.74, 6) is 2.16. The first kappa shape index (κ1) is 36.6. The SMILES string of the molecule is CC1=CCCC2(C)C(CCC2(O)CN(CC2CCC3CC2C3(C)C)C(=O)NC(C)C)c2ccc(cc2C(=O)C2CCCCC2)CC(O)CC1. The van der Waals surface area contributed by atoms with Gasteiger partial charge in [-0.05, 0) is 144 Å². The van der Waals surface area contributed by atoms with Crippen molar-refractivity contribution >= 4 is 11.8 Å². The Morgan fingerprint density at radius 3 is 2.45 bits per heavy atom. The van der Waals surface area contributed by atoms with E-state index in [0.29, 0.717) is 49.6 Å². The molecule has 1 aromatic rings. The molecule has 5 saturated carbocycles. The molecule has 7 unspecified atom stereocenters. The molecular weight excluding hydrogens is 608 g/mol. The van der Waals surface area contributed by atoms with Gasteiger partial charge < -0.3 is 20.4 Å². The molecular formula is C43H66N2O4. The Labute approximate surface area is 296 Å². The second-order valence-electron chi connectivity index (χ2n) is 18.3. The quantitative estimate of drug-likeness (QED) is 0.199. The molecule has 5 fully saturated rings. The highest BCUT2D eigenvalue weighted by molar-refractivity contribution is 5.99. The summed E-state index contributed by atoms with van der Waals surface area (Å²) in [7, 11) is 0. The van der Waals surface area contributed by atoms with Crippen LogP contribution in [0.1, 0.15) is 159 Å². The number of carbonyl (C=O) groups is 2. The molecule has 49 heavy (non-hydrogen) atoms. The lowest BCUT2D eigenvalue weighted by molar-refractivity contribution is -0.118. The van der Waals surface area contributed by atoms with E-state index in [9.17, 15) is 19.8 Å². The van der Waals surface area contributed by atoms with Crippen molar-refractivity contribution in [1.82, 2.24) is 10.2 Å². The monoisotopic (exact) mass is 675 g/mol. The van der Waals surface area contributed by atoms with Gasteiger partial charge in [0.15, 0.2) is 5.78 Å². The maximum atomic E-state index is 14.4. The Bertz CT molecular complexity index is 1390. The van der Waals surface area contributed by atoms with Gasteiger partial charge in [-0.2, -0.15) is 0 Å². The largest absolute Gasteiger partial charge is 0.393 e. The smallest absolute Gasteiger partial charge is 0.317 e. The number of carbonyl (C=O) groups excluding carboxylic acids is 2. The number of urea groups is 1. The van der Waals surface area contributed by atoms with Crippen molar-refractivity contribution < 1.29 is 19.8 Å². The van der Waals surface area contributed by atoms with Crippen molar-refractivity contribution in [1.29, 1.82) is 0 Å². The molecule has 7 aliphatic rings. The Morgan fingerprint density at radius 2 is 1.76 bits per heavy atom. The highest BCUT2D eigenvalue weighted by atomic mass is 16.3. The molecule has 0 spiro atoms. The van der Waals surface area contributed by atoms with Crippen LogP contribution in [0.25, 0.3) is 0 Å². The first-order valence-electron chi connectivity index (χ1n) is 20.0. The summed E-state index contributed by atoms with van der Waals surface area (Å²) >= 11 is 0. The summed E-state index contributed by atoms with van der Waals surface area (Å²) in [5.41, 5.74) is 2.86. The number of aliphatic hydroxyl groups is 2. The maximum Gasteiger partial charge on any atom is 0.317 e. The third kappa shape index (κ3) is 7.30. The van der Waals surface area contributed by atoms with E-state index in [1.807, 2.05) is 18.7 Å². The zero-order valence-electron chi connectivity index (χ0n) is 31.5. The molecule has 0 aliphatic heterocycles. The minimum atomic E-state index is -1.10. The summed E-state index contributed by atoms with van der Waals surface area (Å²) in [6, 6.07) is 6.34. The zero-order valence-corrected chi connectivity index (χ0v) is 31.5. The van der Waals surface area contributed by atoms with E-state index in [2.05, 4.69) is 57.3 Å². The lowest BCUT2D eigenvalue weighted by atomic mass is 9.45. The van der Waals surface area contributed by atoms with Gasteiger partial charge in [-0.1, -0.05) is 63.8 Å². The van der Waals surface area contributed by atoms with Crippen molar-refractivity contribution in [3.63, 3.8) is 0 Å². The maximum absolute atomic E-state index is 14.4. The number of allylic oxidation sites excluding steroid dienone is 2. The average molecular weight is 675 g/mol. The highest BCUT2D eigenvalue weighted by Crippen LogP contribution is 2.62. The van der Waals surface area contributed by atoms with E-state index in [1.54, 1.807) is 0 Å². The van der Waals surface area contributed by atoms with Gasteiger partial charge in [-0.25, -0.2) is 4.79 Å². The van der Waals surface area contributed by atoms with E-state index in [4.69, 9.17) is 0 Å².